The number of piperidine rings is 1. The summed E-state index contributed by atoms with van der Waals surface area (Å²) in [5.74, 6) is 1.06. The summed E-state index contributed by atoms with van der Waals surface area (Å²) in [7, 11) is 0. The molecule has 168 valence electrons. The normalized spacial score (nSPS) is 24.7. The molecule has 4 heterocycles. The predicted octanol–water partition coefficient (Wildman–Crippen LogP) is 2.77. The molecule has 3 saturated heterocycles. The van der Waals surface area contributed by atoms with Gasteiger partial charge in [0.25, 0.3) is 5.91 Å². The molecule has 1 aromatic heterocycles. The van der Waals surface area contributed by atoms with Crippen LogP contribution in [0.3, 0.4) is 0 Å². The molecule has 0 saturated carbocycles. The maximum atomic E-state index is 13.7. The molecule has 3 aliphatic heterocycles. The highest BCUT2D eigenvalue weighted by atomic mass is 16.2. The summed E-state index contributed by atoms with van der Waals surface area (Å²) in [6.45, 7) is 8.43. The van der Waals surface area contributed by atoms with Crippen molar-refractivity contribution in [3.05, 3.63) is 53.9 Å². The molecule has 3 aliphatic rings. The van der Waals surface area contributed by atoms with E-state index in [1.807, 2.05) is 47.1 Å². The molecule has 7 heteroatoms. The monoisotopic (exact) mass is 433 g/mol. The molecular formula is C25H31N5O2. The summed E-state index contributed by atoms with van der Waals surface area (Å²) in [5.41, 5.74) is 1.31. The molecule has 5 rings (SSSR count). The van der Waals surface area contributed by atoms with Gasteiger partial charge in [-0.25, -0.2) is 9.97 Å². The van der Waals surface area contributed by atoms with Crippen molar-refractivity contribution in [1.29, 1.82) is 0 Å². The van der Waals surface area contributed by atoms with Crippen LogP contribution in [-0.4, -0.2) is 70.9 Å². The number of aryl methyl sites for hydroxylation is 1. The van der Waals surface area contributed by atoms with Crippen molar-refractivity contribution >= 4 is 17.8 Å². The minimum atomic E-state index is -0.415. The van der Waals surface area contributed by atoms with E-state index in [2.05, 4.69) is 21.8 Å². The van der Waals surface area contributed by atoms with Crippen LogP contribution in [-0.2, 0) is 4.79 Å². The van der Waals surface area contributed by atoms with E-state index in [1.54, 1.807) is 12.4 Å². The van der Waals surface area contributed by atoms with Gasteiger partial charge in [-0.05, 0) is 51.3 Å². The van der Waals surface area contributed by atoms with E-state index in [0.29, 0.717) is 25.6 Å². The molecule has 1 atom stereocenters. The van der Waals surface area contributed by atoms with Crippen LogP contribution in [0.1, 0.15) is 42.1 Å². The fourth-order valence-corrected chi connectivity index (χ4v) is 6.09. The van der Waals surface area contributed by atoms with Gasteiger partial charge in [-0.2, -0.15) is 0 Å². The third-order valence-electron chi connectivity index (χ3n) is 8.00. The van der Waals surface area contributed by atoms with Crippen LogP contribution in [0.15, 0.2) is 42.7 Å². The second-order valence-corrected chi connectivity index (χ2v) is 9.56. The Hall–Kier alpha value is -2.96. The number of hydrogen-bond donors (Lipinski definition) is 0. The highest BCUT2D eigenvalue weighted by Crippen LogP contribution is 2.58. The van der Waals surface area contributed by atoms with Crippen LogP contribution in [0.2, 0.25) is 0 Å². The molecule has 2 amide bonds. The second kappa shape index (κ2) is 7.87. The molecule has 2 aromatic rings. The van der Waals surface area contributed by atoms with Crippen LogP contribution in [0.5, 0.6) is 0 Å². The summed E-state index contributed by atoms with van der Waals surface area (Å²) in [4.78, 5) is 41.9. The van der Waals surface area contributed by atoms with Crippen molar-refractivity contribution in [3.8, 4) is 0 Å². The highest BCUT2D eigenvalue weighted by Gasteiger charge is 2.65. The lowest BCUT2D eigenvalue weighted by atomic mass is 9.60. The van der Waals surface area contributed by atoms with Gasteiger partial charge >= 0.3 is 0 Å². The number of amides is 2. The molecule has 0 radical (unpaired) electrons. The zero-order valence-electron chi connectivity index (χ0n) is 19.0. The number of likely N-dealkylation sites (tertiary alicyclic amines) is 2. The number of benzene rings is 1. The van der Waals surface area contributed by atoms with Crippen LogP contribution >= 0.6 is 0 Å². The van der Waals surface area contributed by atoms with E-state index in [1.165, 1.54) is 0 Å². The standard InChI is InChI=1S/C25H31N5O2/c1-3-28-16-11-25(22(28)32)18-30(23-26-12-4-13-27-23)17-24(25)9-14-29(15-10-24)21(31)20-7-5-19(2)6-8-20/h4-8,12-13H,3,9-11,14-18H2,1-2H3. The molecule has 3 fully saturated rings. The number of carbonyl (C=O) groups excluding carboxylic acids is 2. The van der Waals surface area contributed by atoms with E-state index >= 15 is 0 Å². The Labute approximate surface area is 189 Å². The van der Waals surface area contributed by atoms with Crippen LogP contribution in [0, 0.1) is 17.8 Å². The number of carbonyl (C=O) groups is 2. The number of hydrogen-bond acceptors (Lipinski definition) is 5. The third-order valence-corrected chi connectivity index (χ3v) is 8.00. The second-order valence-electron chi connectivity index (χ2n) is 9.56. The minimum Gasteiger partial charge on any atom is -0.342 e. The summed E-state index contributed by atoms with van der Waals surface area (Å²) in [6, 6.07) is 9.61. The van der Waals surface area contributed by atoms with E-state index in [4.69, 9.17) is 0 Å². The van der Waals surface area contributed by atoms with Crippen molar-refractivity contribution in [2.24, 2.45) is 10.8 Å². The van der Waals surface area contributed by atoms with Crippen LogP contribution in [0.25, 0.3) is 0 Å². The van der Waals surface area contributed by atoms with E-state index < -0.39 is 5.41 Å². The van der Waals surface area contributed by atoms with Gasteiger partial charge in [0.2, 0.25) is 11.9 Å². The predicted molar refractivity (Wildman–Crippen MR) is 122 cm³/mol. The van der Waals surface area contributed by atoms with Crippen molar-refractivity contribution in [3.63, 3.8) is 0 Å². The first kappa shape index (κ1) is 20.9. The van der Waals surface area contributed by atoms with Crippen LogP contribution < -0.4 is 4.90 Å². The first-order valence-corrected chi connectivity index (χ1v) is 11.7. The quantitative estimate of drug-likeness (QED) is 0.745. The Morgan fingerprint density at radius 1 is 1.00 bits per heavy atom. The molecule has 2 spiro atoms. The zero-order valence-corrected chi connectivity index (χ0v) is 19.0. The highest BCUT2D eigenvalue weighted by molar-refractivity contribution is 5.94. The molecule has 0 N–H and O–H groups in total. The average Bonchev–Trinajstić information content (AvgIpc) is 3.33. The lowest BCUT2D eigenvalue weighted by molar-refractivity contribution is -0.141. The topological polar surface area (TPSA) is 69.6 Å². The Morgan fingerprint density at radius 3 is 2.31 bits per heavy atom. The zero-order chi connectivity index (χ0) is 22.3. The van der Waals surface area contributed by atoms with E-state index in [-0.39, 0.29) is 17.2 Å². The summed E-state index contributed by atoms with van der Waals surface area (Å²) in [6.07, 6.45) is 6.05. The number of fused-ring (bicyclic) bond motifs is 1. The Bertz CT molecular complexity index is 1000. The molecule has 0 aliphatic carbocycles. The molecule has 1 aromatic carbocycles. The van der Waals surface area contributed by atoms with Gasteiger partial charge in [0.1, 0.15) is 0 Å². The van der Waals surface area contributed by atoms with E-state index in [9.17, 15) is 9.59 Å². The fraction of sp³-hybridized carbons (Fsp3) is 0.520. The molecule has 7 nitrogen and oxygen atoms in total. The Morgan fingerprint density at radius 2 is 1.69 bits per heavy atom. The fourth-order valence-electron chi connectivity index (χ4n) is 6.09. The number of anilines is 1. The SMILES string of the molecule is CCN1CCC2(CN(c3ncccn3)CC23CCN(C(=O)c2ccc(C)cc2)CC3)C1=O. The largest absolute Gasteiger partial charge is 0.342 e. The van der Waals surface area contributed by atoms with Gasteiger partial charge in [0.15, 0.2) is 0 Å². The number of rotatable bonds is 3. The summed E-state index contributed by atoms with van der Waals surface area (Å²) in [5, 5.41) is 0. The van der Waals surface area contributed by atoms with E-state index in [0.717, 1.165) is 50.0 Å². The lowest BCUT2D eigenvalue weighted by Gasteiger charge is -2.46. The van der Waals surface area contributed by atoms with Crippen molar-refractivity contribution < 1.29 is 9.59 Å². The Kier molecular flexibility index (Phi) is 5.14. The lowest BCUT2D eigenvalue weighted by Crippen LogP contribution is -2.53. The number of nitrogens with zero attached hydrogens (tertiary/aromatic N) is 5. The Balaban J connectivity index is 1.41. The van der Waals surface area contributed by atoms with Gasteiger partial charge in [0, 0.05) is 62.6 Å². The van der Waals surface area contributed by atoms with Gasteiger partial charge in [-0.1, -0.05) is 17.7 Å². The molecular weight excluding hydrogens is 402 g/mol. The smallest absolute Gasteiger partial charge is 0.253 e. The maximum Gasteiger partial charge on any atom is 0.253 e. The minimum absolute atomic E-state index is 0.0862. The average molecular weight is 434 g/mol. The van der Waals surface area contributed by atoms with Crippen molar-refractivity contribution in [2.45, 2.75) is 33.1 Å². The first-order chi connectivity index (χ1) is 15.5. The van der Waals surface area contributed by atoms with Crippen LogP contribution in [0.4, 0.5) is 5.95 Å². The summed E-state index contributed by atoms with van der Waals surface area (Å²) < 4.78 is 0. The number of aromatic nitrogens is 2. The third kappa shape index (κ3) is 3.17. The molecule has 0 bridgehead atoms. The summed E-state index contributed by atoms with van der Waals surface area (Å²) >= 11 is 0. The molecule has 32 heavy (non-hydrogen) atoms. The van der Waals surface area contributed by atoms with Gasteiger partial charge in [-0.15, -0.1) is 0 Å². The van der Waals surface area contributed by atoms with Gasteiger partial charge < -0.3 is 14.7 Å². The van der Waals surface area contributed by atoms with Gasteiger partial charge in [0.05, 0.1) is 5.41 Å². The van der Waals surface area contributed by atoms with Crippen molar-refractivity contribution in [1.82, 2.24) is 19.8 Å². The first-order valence-electron chi connectivity index (χ1n) is 11.7. The molecule has 1 unspecified atom stereocenters. The maximum absolute atomic E-state index is 13.7. The van der Waals surface area contributed by atoms with Crippen molar-refractivity contribution in [2.75, 3.05) is 44.2 Å². The van der Waals surface area contributed by atoms with Gasteiger partial charge in [-0.3, -0.25) is 9.59 Å².